The van der Waals surface area contributed by atoms with Crippen LogP contribution < -0.4 is 10.6 Å². The van der Waals surface area contributed by atoms with Crippen LogP contribution in [0.4, 0.5) is 9.59 Å². The lowest BCUT2D eigenvalue weighted by molar-refractivity contribution is -0.139. The van der Waals surface area contributed by atoms with Gasteiger partial charge in [0.15, 0.2) is 0 Å². The number of rotatable bonds is 25. The molecule has 0 heterocycles. The van der Waals surface area contributed by atoms with Crippen molar-refractivity contribution in [3.63, 3.8) is 0 Å². The van der Waals surface area contributed by atoms with E-state index in [9.17, 15) is 19.2 Å². The Morgan fingerprint density at radius 1 is 0.644 bits per heavy atom. The van der Waals surface area contributed by atoms with Crippen LogP contribution in [0.15, 0.2) is 24.3 Å². The average Bonchev–Trinajstić information content (AvgIpc) is 2.96. The van der Waals surface area contributed by atoms with E-state index in [0.29, 0.717) is 44.1 Å². The van der Waals surface area contributed by atoms with E-state index < -0.39 is 17.7 Å². The van der Waals surface area contributed by atoms with E-state index in [4.69, 9.17) is 18.9 Å². The number of ether oxygens (including phenoxy) is 4. The normalized spacial score (nSPS) is 13.1. The van der Waals surface area contributed by atoms with Crippen LogP contribution in [0, 0.1) is 11.3 Å². The Labute approximate surface area is 272 Å². The molecule has 0 aromatic carbocycles. The molecule has 260 valence electrons. The number of carbonyl (C=O) groups excluding carboxylic acids is 4. The Morgan fingerprint density at radius 2 is 1.11 bits per heavy atom. The van der Waals surface area contributed by atoms with Gasteiger partial charge in [0, 0.05) is 23.2 Å². The first kappa shape index (κ1) is 42.0. The van der Waals surface area contributed by atoms with Gasteiger partial charge in [-0.2, -0.15) is 0 Å². The third kappa shape index (κ3) is 17.9. The van der Waals surface area contributed by atoms with Crippen molar-refractivity contribution < 1.29 is 38.1 Å². The van der Waals surface area contributed by atoms with E-state index in [2.05, 4.69) is 44.6 Å². The second-order valence-corrected chi connectivity index (χ2v) is 12.6. The molecule has 0 fully saturated rings. The molecule has 2 amide bonds. The second-order valence-electron chi connectivity index (χ2n) is 12.6. The molecule has 0 spiro atoms. The summed E-state index contributed by atoms with van der Waals surface area (Å²) in [6.45, 7) is 22.4. The number of carbonyl (C=O) groups is 4. The zero-order valence-corrected chi connectivity index (χ0v) is 29.3. The smallest absolute Gasteiger partial charge is 0.407 e. The molecular formula is C35H62N2O8. The number of nitrogens with one attached hydrogen (secondary N) is 2. The van der Waals surface area contributed by atoms with Gasteiger partial charge in [0.25, 0.3) is 0 Å². The summed E-state index contributed by atoms with van der Waals surface area (Å²) in [6, 6.07) is 0. The first-order valence-corrected chi connectivity index (χ1v) is 16.7. The van der Waals surface area contributed by atoms with Crippen LogP contribution >= 0.6 is 0 Å². The fourth-order valence-corrected chi connectivity index (χ4v) is 5.46. The van der Waals surface area contributed by atoms with Crippen LogP contribution in [0.5, 0.6) is 0 Å². The third-order valence-electron chi connectivity index (χ3n) is 8.49. The van der Waals surface area contributed by atoms with Crippen LogP contribution in [0.1, 0.15) is 126 Å². The molecule has 0 aliphatic rings. The summed E-state index contributed by atoms with van der Waals surface area (Å²) in [5, 5.41) is 5.99. The van der Waals surface area contributed by atoms with Crippen molar-refractivity contribution >= 4 is 24.1 Å². The predicted octanol–water partition coefficient (Wildman–Crippen LogP) is 7.80. The SMILES string of the molecule is C=C(C)C(=O)OCCCCCCC(CCCNC(=O)OCC)C(C)(CCCCCCOC(=O)C(=C)C)C(C)(C)NC(=O)OCC. The number of amides is 2. The Morgan fingerprint density at radius 3 is 1.62 bits per heavy atom. The van der Waals surface area contributed by atoms with Crippen LogP contribution in [-0.2, 0) is 28.5 Å². The molecule has 0 radical (unpaired) electrons. The third-order valence-corrected chi connectivity index (χ3v) is 8.49. The first-order chi connectivity index (χ1) is 21.2. The van der Waals surface area contributed by atoms with Gasteiger partial charge >= 0.3 is 24.1 Å². The fraction of sp³-hybridized carbons (Fsp3) is 0.771. The lowest BCUT2D eigenvalue weighted by Gasteiger charge is -2.50. The van der Waals surface area contributed by atoms with Gasteiger partial charge in [0.1, 0.15) is 0 Å². The Bertz CT molecular complexity index is 933. The lowest BCUT2D eigenvalue weighted by atomic mass is 9.59. The summed E-state index contributed by atoms with van der Waals surface area (Å²) in [4.78, 5) is 47.8. The van der Waals surface area contributed by atoms with E-state index in [1.54, 1.807) is 27.7 Å². The van der Waals surface area contributed by atoms with E-state index in [-0.39, 0.29) is 23.3 Å². The monoisotopic (exact) mass is 638 g/mol. The van der Waals surface area contributed by atoms with Crippen LogP contribution in [-0.4, -0.2) is 62.6 Å². The minimum absolute atomic E-state index is 0.246. The largest absolute Gasteiger partial charge is 0.462 e. The van der Waals surface area contributed by atoms with Crippen molar-refractivity contribution in [2.45, 2.75) is 131 Å². The molecule has 0 aromatic rings. The number of hydrogen-bond donors (Lipinski definition) is 2. The zero-order chi connectivity index (χ0) is 34.3. The Balaban J connectivity index is 5.56. The Kier molecular flexibility index (Phi) is 21.7. The average molecular weight is 639 g/mol. The van der Waals surface area contributed by atoms with Gasteiger partial charge in [-0.15, -0.1) is 0 Å². The summed E-state index contributed by atoms with van der Waals surface area (Å²) >= 11 is 0. The molecule has 45 heavy (non-hydrogen) atoms. The van der Waals surface area contributed by atoms with Gasteiger partial charge in [-0.05, 0) is 91.4 Å². The van der Waals surface area contributed by atoms with Crippen molar-refractivity contribution in [2.24, 2.45) is 11.3 Å². The van der Waals surface area contributed by atoms with Gasteiger partial charge in [0.2, 0.25) is 0 Å². The van der Waals surface area contributed by atoms with E-state index in [1.165, 1.54) is 0 Å². The molecule has 2 N–H and O–H groups in total. The molecule has 10 nitrogen and oxygen atoms in total. The minimum atomic E-state index is -0.577. The predicted molar refractivity (Wildman–Crippen MR) is 178 cm³/mol. The summed E-state index contributed by atoms with van der Waals surface area (Å²) in [6.07, 6.45) is 9.97. The van der Waals surface area contributed by atoms with Gasteiger partial charge in [-0.1, -0.05) is 58.6 Å². The standard InChI is InChI=1S/C35H62N2O8/c1-10-42-32(40)36-24-20-22-29(21-16-12-14-18-25-44-30(38)27(3)4)35(9,34(7,8)37-33(41)43-11-2)23-17-13-15-19-26-45-31(39)28(5)6/h29H,3,5,10-26H2,1-2,4,6-9H3,(H,36,40)(H,37,41). The molecule has 0 saturated heterocycles. The van der Waals surface area contributed by atoms with E-state index in [0.717, 1.165) is 77.0 Å². The molecule has 0 aromatic heterocycles. The molecule has 2 atom stereocenters. The highest BCUT2D eigenvalue weighted by molar-refractivity contribution is 5.87. The number of hydrogen-bond acceptors (Lipinski definition) is 8. The van der Waals surface area contributed by atoms with Gasteiger partial charge in [-0.25, -0.2) is 19.2 Å². The summed E-state index contributed by atoms with van der Waals surface area (Å²) < 4.78 is 20.7. The highest BCUT2D eigenvalue weighted by atomic mass is 16.6. The summed E-state index contributed by atoms with van der Waals surface area (Å²) in [5.41, 5.74) is -0.0593. The van der Waals surface area contributed by atoms with Crippen molar-refractivity contribution in [3.8, 4) is 0 Å². The molecule has 0 bridgehead atoms. The van der Waals surface area contributed by atoms with E-state index >= 15 is 0 Å². The number of esters is 2. The van der Waals surface area contributed by atoms with Crippen molar-refractivity contribution in [3.05, 3.63) is 24.3 Å². The lowest BCUT2D eigenvalue weighted by Crippen LogP contribution is -2.58. The highest BCUT2D eigenvalue weighted by Crippen LogP contribution is 2.47. The number of unbranched alkanes of at least 4 members (excludes halogenated alkanes) is 6. The van der Waals surface area contributed by atoms with Crippen LogP contribution in [0.2, 0.25) is 0 Å². The fourth-order valence-electron chi connectivity index (χ4n) is 5.46. The summed E-state index contributed by atoms with van der Waals surface area (Å²) in [7, 11) is 0. The summed E-state index contributed by atoms with van der Waals surface area (Å²) in [5.74, 6) is -0.467. The molecule has 0 saturated carbocycles. The molecule has 0 rings (SSSR count). The zero-order valence-electron chi connectivity index (χ0n) is 29.3. The van der Waals surface area contributed by atoms with Crippen LogP contribution in [0.25, 0.3) is 0 Å². The highest BCUT2D eigenvalue weighted by Gasteiger charge is 2.46. The van der Waals surface area contributed by atoms with Crippen molar-refractivity contribution in [1.29, 1.82) is 0 Å². The van der Waals surface area contributed by atoms with E-state index in [1.807, 2.05) is 0 Å². The second kappa shape index (κ2) is 23.3. The molecule has 10 heteroatoms. The molecule has 0 aliphatic heterocycles. The topological polar surface area (TPSA) is 129 Å². The molecule has 0 aliphatic carbocycles. The molecule has 2 unspecified atom stereocenters. The maximum absolute atomic E-state index is 12.6. The Hall–Kier alpha value is -3.04. The quantitative estimate of drug-likeness (QED) is 0.0449. The first-order valence-electron chi connectivity index (χ1n) is 16.7. The van der Waals surface area contributed by atoms with Crippen LogP contribution in [0.3, 0.4) is 0 Å². The van der Waals surface area contributed by atoms with Gasteiger partial charge in [0.05, 0.1) is 26.4 Å². The maximum atomic E-state index is 12.6. The van der Waals surface area contributed by atoms with Crippen molar-refractivity contribution in [1.82, 2.24) is 10.6 Å². The van der Waals surface area contributed by atoms with Gasteiger partial charge in [-0.3, -0.25) is 0 Å². The molecular weight excluding hydrogens is 576 g/mol. The van der Waals surface area contributed by atoms with Gasteiger partial charge < -0.3 is 29.6 Å². The maximum Gasteiger partial charge on any atom is 0.407 e. The minimum Gasteiger partial charge on any atom is -0.462 e. The number of alkyl carbamates (subject to hydrolysis) is 2. The van der Waals surface area contributed by atoms with Crippen molar-refractivity contribution in [2.75, 3.05) is 33.0 Å².